The lowest BCUT2D eigenvalue weighted by Gasteiger charge is -2.24. The average molecular weight is 629 g/mol. The van der Waals surface area contributed by atoms with Crippen molar-refractivity contribution in [2.45, 2.75) is 66.8 Å². The number of unbranched alkanes of at least 4 members (excludes halogenated alkanes) is 1. The van der Waals surface area contributed by atoms with Crippen LogP contribution in [-0.4, -0.2) is 59.0 Å². The largest absolute Gasteiger partial charge is 0.481 e. The van der Waals surface area contributed by atoms with Crippen LogP contribution in [0, 0.1) is 0 Å². The molecule has 1 heterocycles. The zero-order valence-corrected chi connectivity index (χ0v) is 26.7. The number of likely N-dealkylation sites (N-methyl/N-ethyl adjacent to an activating group) is 1. The molecule has 9 heteroatoms. The molecule has 1 rings (SSSR count). The van der Waals surface area contributed by atoms with Crippen molar-refractivity contribution < 1.29 is 19.1 Å². The van der Waals surface area contributed by atoms with Crippen LogP contribution in [0.2, 0.25) is 0 Å². The predicted molar refractivity (Wildman–Crippen MR) is 187 cm³/mol. The van der Waals surface area contributed by atoms with Gasteiger partial charge in [0.2, 0.25) is 0 Å². The second-order valence-corrected chi connectivity index (χ2v) is 9.79. The van der Waals surface area contributed by atoms with Gasteiger partial charge in [-0.3, -0.25) is 19.6 Å². The molecule has 0 fully saturated rings. The molecule has 0 saturated carbocycles. The molecule has 0 aliphatic carbocycles. The topological polar surface area (TPSA) is 94.4 Å². The number of hydrogen-bond donors (Lipinski definition) is 2. The van der Waals surface area contributed by atoms with Crippen LogP contribution in [0.3, 0.4) is 0 Å². The van der Waals surface area contributed by atoms with Gasteiger partial charge in [-0.05, 0) is 77.0 Å². The summed E-state index contributed by atoms with van der Waals surface area (Å²) in [5, 5.41) is 12.5. The first-order valence-electron chi connectivity index (χ1n) is 14.1. The molecule has 0 aromatic heterocycles. The molecule has 0 aromatic carbocycles. The number of nitrogens with zero attached hydrogens (tertiary/aromatic N) is 3. The Morgan fingerprint density at radius 1 is 1.23 bits per heavy atom. The summed E-state index contributed by atoms with van der Waals surface area (Å²) in [6.07, 6.45) is 17.5. The molecule has 242 valence electrons. The first-order valence-corrected chi connectivity index (χ1v) is 14.5. The van der Waals surface area contributed by atoms with Gasteiger partial charge in [0, 0.05) is 29.3 Å². The zero-order valence-electron chi connectivity index (χ0n) is 25.9. The molecule has 1 atom stereocenters. The number of nitrogens with one attached hydrogen (secondary N) is 1. The molecule has 1 unspecified atom stereocenters. The number of rotatable bonds is 15. The van der Waals surface area contributed by atoms with Crippen LogP contribution >= 0.6 is 11.6 Å². The third kappa shape index (κ3) is 17.8. The van der Waals surface area contributed by atoms with Crippen LogP contribution in [0.5, 0.6) is 0 Å². The van der Waals surface area contributed by atoms with Gasteiger partial charge >= 0.3 is 5.97 Å². The van der Waals surface area contributed by atoms with Crippen molar-refractivity contribution in [3.8, 4) is 0 Å². The molecule has 0 bridgehead atoms. The minimum absolute atomic E-state index is 0. The number of allylic oxidation sites excluding steroid dienone is 8. The molecule has 7 nitrogen and oxygen atoms in total. The molecule has 1 aliphatic heterocycles. The molecular weight excluding hydrogens is 579 g/mol. The second-order valence-electron chi connectivity index (χ2n) is 9.30. The van der Waals surface area contributed by atoms with Crippen LogP contribution in [-0.2, 0) is 9.59 Å². The van der Waals surface area contributed by atoms with E-state index in [0.717, 1.165) is 23.1 Å². The van der Waals surface area contributed by atoms with Gasteiger partial charge in [-0.1, -0.05) is 75.7 Å². The molecular formula is C35H50ClFN4O3. The van der Waals surface area contributed by atoms with Crippen LogP contribution in [0.1, 0.15) is 60.8 Å². The smallest absolute Gasteiger partial charge is 0.303 e. The number of carboxylic acid groups (broad SMARTS) is 1. The summed E-state index contributed by atoms with van der Waals surface area (Å²) in [6.45, 7) is 22.7. The van der Waals surface area contributed by atoms with E-state index in [0.29, 0.717) is 55.2 Å². The van der Waals surface area contributed by atoms with E-state index in [-0.39, 0.29) is 25.8 Å². The summed E-state index contributed by atoms with van der Waals surface area (Å²) < 4.78 is 11.1. The van der Waals surface area contributed by atoms with Crippen LogP contribution in [0.25, 0.3) is 0 Å². The van der Waals surface area contributed by atoms with E-state index in [2.05, 4.69) is 31.6 Å². The zero-order chi connectivity index (χ0) is 32.8. The van der Waals surface area contributed by atoms with E-state index in [4.69, 9.17) is 26.7 Å². The summed E-state index contributed by atoms with van der Waals surface area (Å²) in [5.74, 6) is -1.45. The van der Waals surface area contributed by atoms with Gasteiger partial charge < -0.3 is 15.3 Å². The number of hydrogen-bond acceptors (Lipinski definition) is 5. The van der Waals surface area contributed by atoms with Gasteiger partial charge in [-0.25, -0.2) is 4.39 Å². The number of aliphatic imine (C=N–C) groups is 2. The van der Waals surface area contributed by atoms with Crippen molar-refractivity contribution >= 4 is 34.9 Å². The van der Waals surface area contributed by atoms with Crippen molar-refractivity contribution in [1.82, 2.24) is 10.2 Å². The highest BCUT2D eigenvalue weighted by atomic mass is 35.5. The minimum Gasteiger partial charge on any atom is -0.481 e. The first kappa shape index (κ1) is 42.1. The fourth-order valence-corrected chi connectivity index (χ4v) is 3.84. The van der Waals surface area contributed by atoms with Crippen molar-refractivity contribution in [3.63, 3.8) is 0 Å². The summed E-state index contributed by atoms with van der Waals surface area (Å²) in [4.78, 5) is 35.9. The lowest BCUT2D eigenvalue weighted by molar-refractivity contribution is -0.137. The number of halogens is 2. The van der Waals surface area contributed by atoms with E-state index in [9.17, 15) is 14.0 Å². The van der Waals surface area contributed by atoms with E-state index in [1.54, 1.807) is 17.1 Å². The summed E-state index contributed by atoms with van der Waals surface area (Å²) in [5.41, 5.74) is 3.50. The van der Waals surface area contributed by atoms with E-state index >= 15 is 0 Å². The standard InChI is InChI=1S/C30H41ClN4O3.C4H5F.CH4/c1-7-18-32-21-24(6)35(9-3)30(38)26-13-12-19-33-29(25(8-2)17-16-22(4)31)27(34-23(5)20-26)14-10-11-15-28(36)37;1-3-4(2)5;/h7-8,12-13,16-18,20,23,32H,4,6,9-11,14-15,19,21H2,1-3,5H3,(H,36,37);3H,1-2H2;1H4/b13-12-,17-16-,18-7+,25-8+,26-20+,33-29?,34-27?;;. The van der Waals surface area contributed by atoms with Gasteiger partial charge in [0.25, 0.3) is 5.91 Å². The van der Waals surface area contributed by atoms with E-state index in [1.165, 1.54) is 0 Å². The molecule has 1 aliphatic rings. The van der Waals surface area contributed by atoms with Crippen LogP contribution in [0.4, 0.5) is 4.39 Å². The maximum Gasteiger partial charge on any atom is 0.303 e. The maximum atomic E-state index is 13.5. The van der Waals surface area contributed by atoms with E-state index in [1.807, 2.05) is 64.3 Å². The molecule has 0 spiro atoms. The van der Waals surface area contributed by atoms with Gasteiger partial charge in [0.05, 0.1) is 30.6 Å². The fraction of sp³-hybridized carbons (Fsp3) is 0.371. The highest BCUT2D eigenvalue weighted by Gasteiger charge is 2.20. The second kappa shape index (κ2) is 24.4. The average Bonchev–Trinajstić information content (AvgIpc) is 2.95. The highest BCUT2D eigenvalue weighted by molar-refractivity contribution is 6.49. The Hall–Kier alpha value is -4.04. The van der Waals surface area contributed by atoms with Crippen molar-refractivity contribution in [1.29, 1.82) is 0 Å². The Kier molecular flexibility index (Phi) is 23.3. The van der Waals surface area contributed by atoms with Crippen molar-refractivity contribution in [2.24, 2.45) is 9.98 Å². The Bertz CT molecular complexity index is 1220. The quantitative estimate of drug-likeness (QED) is 0.141. The Morgan fingerprint density at radius 3 is 2.41 bits per heavy atom. The van der Waals surface area contributed by atoms with Crippen LogP contribution < -0.4 is 5.32 Å². The Labute approximate surface area is 269 Å². The number of carbonyl (C=O) groups is 2. The summed E-state index contributed by atoms with van der Waals surface area (Å²) in [7, 11) is 0. The third-order valence-electron chi connectivity index (χ3n) is 5.79. The third-order valence-corrected chi connectivity index (χ3v) is 5.92. The van der Waals surface area contributed by atoms with Gasteiger partial charge in [0.15, 0.2) is 0 Å². The van der Waals surface area contributed by atoms with E-state index < -0.39 is 11.8 Å². The highest BCUT2D eigenvalue weighted by Crippen LogP contribution is 2.17. The van der Waals surface area contributed by atoms with Gasteiger partial charge in [0.1, 0.15) is 5.83 Å². The molecule has 0 aromatic rings. The number of carbonyl (C=O) groups excluding carboxylic acids is 1. The van der Waals surface area contributed by atoms with Crippen molar-refractivity contribution in [2.75, 3.05) is 19.6 Å². The molecule has 0 radical (unpaired) electrons. The molecule has 0 saturated heterocycles. The van der Waals surface area contributed by atoms with Gasteiger partial charge in [-0.2, -0.15) is 0 Å². The SMILES string of the molecule is C.C=C(Cl)/C=C\C(=C/C)C1=NC/C=C\C(C(=O)N(CC)C(=C)CN/C=C/C)=C/C(C)N=C1CCCCC(=O)O.C=CC(=C)F. The lowest BCUT2D eigenvalue weighted by Crippen LogP contribution is -2.34. The lowest BCUT2D eigenvalue weighted by atomic mass is 9.99. The monoisotopic (exact) mass is 628 g/mol. The summed E-state index contributed by atoms with van der Waals surface area (Å²) in [6, 6.07) is -0.324. The molecule has 2 N–H and O–H groups in total. The summed E-state index contributed by atoms with van der Waals surface area (Å²) >= 11 is 5.95. The van der Waals surface area contributed by atoms with Gasteiger partial charge in [-0.15, -0.1) is 0 Å². The fourth-order valence-electron chi connectivity index (χ4n) is 3.78. The predicted octanol–water partition coefficient (Wildman–Crippen LogP) is 8.43. The molecule has 44 heavy (non-hydrogen) atoms. The minimum atomic E-state index is -0.822. The van der Waals surface area contributed by atoms with Crippen LogP contribution in [0.15, 0.2) is 119 Å². The Balaban J connectivity index is 0. The number of aliphatic carboxylic acids is 1. The molecule has 1 amide bonds. The normalized spacial score (nSPS) is 17.0. The number of amides is 1. The maximum absolute atomic E-state index is 13.5. The number of carboxylic acids is 1. The first-order chi connectivity index (χ1) is 20.4. The van der Waals surface area contributed by atoms with Crippen molar-refractivity contribution in [3.05, 3.63) is 109 Å². The Morgan fingerprint density at radius 2 is 1.89 bits per heavy atom.